The van der Waals surface area contributed by atoms with Crippen LogP contribution >= 0.6 is 11.3 Å². The molecule has 6 nitrogen and oxygen atoms in total. The summed E-state index contributed by atoms with van der Waals surface area (Å²) in [6.45, 7) is 8.09. The van der Waals surface area contributed by atoms with Crippen LogP contribution in [0.5, 0.6) is 0 Å². The van der Waals surface area contributed by atoms with E-state index in [4.69, 9.17) is 4.74 Å². The fourth-order valence-corrected chi connectivity index (χ4v) is 6.27. The summed E-state index contributed by atoms with van der Waals surface area (Å²) in [7, 11) is 1.84. The van der Waals surface area contributed by atoms with Gasteiger partial charge in [-0.05, 0) is 30.9 Å². The van der Waals surface area contributed by atoms with Gasteiger partial charge in [0.25, 0.3) is 5.91 Å². The second-order valence-electron chi connectivity index (χ2n) is 8.78. The first kappa shape index (κ1) is 19.3. The highest BCUT2D eigenvalue weighted by atomic mass is 32.1. The molecule has 156 valence electrons. The fraction of sp³-hybridized carbons (Fsp3) is 0.636. The quantitative estimate of drug-likeness (QED) is 0.772. The Morgan fingerprint density at radius 2 is 2.14 bits per heavy atom. The monoisotopic (exact) mass is 414 g/mol. The lowest BCUT2D eigenvalue weighted by Gasteiger charge is -2.47. The average molecular weight is 415 g/mol. The first-order valence-electron chi connectivity index (χ1n) is 10.8. The van der Waals surface area contributed by atoms with Crippen molar-refractivity contribution in [1.82, 2.24) is 19.6 Å². The van der Waals surface area contributed by atoms with E-state index in [0.29, 0.717) is 11.5 Å². The van der Waals surface area contributed by atoms with Crippen LogP contribution in [0.25, 0.3) is 0 Å². The summed E-state index contributed by atoms with van der Waals surface area (Å²) in [6, 6.07) is 2.42. The second kappa shape index (κ2) is 7.52. The molecule has 0 bridgehead atoms. The molecular formula is C22H30N4O2S. The molecule has 2 fully saturated rings. The van der Waals surface area contributed by atoms with Crippen LogP contribution in [0.1, 0.15) is 45.4 Å². The number of fused-ring (bicyclic) bond motifs is 2. The summed E-state index contributed by atoms with van der Waals surface area (Å²) in [5.41, 5.74) is 2.14. The molecule has 2 aromatic heterocycles. The summed E-state index contributed by atoms with van der Waals surface area (Å²) in [6.07, 6.45) is 7.83. The van der Waals surface area contributed by atoms with E-state index in [-0.39, 0.29) is 11.5 Å². The highest BCUT2D eigenvalue weighted by Crippen LogP contribution is 2.44. The largest absolute Gasteiger partial charge is 0.370 e. The number of amides is 1. The van der Waals surface area contributed by atoms with Gasteiger partial charge in [0.05, 0.1) is 24.0 Å². The maximum Gasteiger partial charge on any atom is 0.257 e. The number of aromatic nitrogens is 2. The van der Waals surface area contributed by atoms with E-state index in [2.05, 4.69) is 23.0 Å². The van der Waals surface area contributed by atoms with Crippen molar-refractivity contribution in [1.29, 1.82) is 0 Å². The molecule has 7 heteroatoms. The van der Waals surface area contributed by atoms with Crippen molar-refractivity contribution in [2.45, 2.75) is 38.2 Å². The zero-order valence-corrected chi connectivity index (χ0v) is 18.2. The Labute approximate surface area is 176 Å². The van der Waals surface area contributed by atoms with Gasteiger partial charge in [0.1, 0.15) is 0 Å². The van der Waals surface area contributed by atoms with E-state index < -0.39 is 0 Å². The first-order valence-corrected chi connectivity index (χ1v) is 11.6. The van der Waals surface area contributed by atoms with Crippen LogP contribution in [-0.2, 0) is 30.2 Å². The van der Waals surface area contributed by atoms with Crippen LogP contribution in [0.3, 0.4) is 0 Å². The molecule has 0 unspecified atom stereocenters. The Hall–Kier alpha value is -1.70. The number of hydrogen-bond donors (Lipinski definition) is 0. The molecule has 2 saturated heterocycles. The number of rotatable bonds is 4. The zero-order chi connectivity index (χ0) is 20.0. The third-order valence-corrected chi connectivity index (χ3v) is 8.12. The molecule has 0 aromatic carbocycles. The lowest BCUT2D eigenvalue weighted by Crippen LogP contribution is -2.55. The van der Waals surface area contributed by atoms with Crippen LogP contribution < -0.4 is 0 Å². The molecule has 0 N–H and O–H groups in total. The molecule has 3 aliphatic heterocycles. The van der Waals surface area contributed by atoms with Crippen molar-refractivity contribution in [3.05, 3.63) is 39.3 Å². The van der Waals surface area contributed by atoms with Gasteiger partial charge in [-0.3, -0.25) is 9.48 Å². The van der Waals surface area contributed by atoms with Crippen molar-refractivity contribution in [2.75, 3.05) is 39.3 Å². The van der Waals surface area contributed by atoms with E-state index >= 15 is 0 Å². The van der Waals surface area contributed by atoms with Gasteiger partial charge in [-0.25, -0.2) is 0 Å². The van der Waals surface area contributed by atoms with E-state index in [1.165, 1.54) is 10.4 Å². The number of carbonyl (C=O) groups is 1. The summed E-state index contributed by atoms with van der Waals surface area (Å²) in [4.78, 5) is 20.0. The highest BCUT2D eigenvalue weighted by Gasteiger charge is 2.42. The molecule has 1 spiro atoms. The van der Waals surface area contributed by atoms with Gasteiger partial charge >= 0.3 is 0 Å². The van der Waals surface area contributed by atoms with E-state index in [9.17, 15) is 4.79 Å². The predicted molar refractivity (Wildman–Crippen MR) is 113 cm³/mol. The molecule has 29 heavy (non-hydrogen) atoms. The zero-order valence-electron chi connectivity index (χ0n) is 17.4. The van der Waals surface area contributed by atoms with Gasteiger partial charge in [0.15, 0.2) is 0 Å². The van der Waals surface area contributed by atoms with Gasteiger partial charge < -0.3 is 14.5 Å². The topological polar surface area (TPSA) is 50.6 Å². The molecule has 0 radical (unpaired) electrons. The van der Waals surface area contributed by atoms with Crippen LogP contribution in [0, 0.1) is 5.92 Å². The van der Waals surface area contributed by atoms with E-state index in [1.54, 1.807) is 22.0 Å². The van der Waals surface area contributed by atoms with Crippen LogP contribution in [-0.4, -0.2) is 64.8 Å². The summed E-state index contributed by atoms with van der Waals surface area (Å²) in [5.74, 6) is 0.694. The number of thiophene rings is 1. The molecule has 5 rings (SSSR count). The number of carbonyl (C=O) groups excluding carboxylic acids is 1. The van der Waals surface area contributed by atoms with Crippen molar-refractivity contribution in [3.8, 4) is 0 Å². The number of hydrogen-bond acceptors (Lipinski definition) is 5. The van der Waals surface area contributed by atoms with Gasteiger partial charge in [0, 0.05) is 68.1 Å². The predicted octanol–water partition coefficient (Wildman–Crippen LogP) is 2.68. The number of likely N-dealkylation sites (tertiary alicyclic amines) is 2. The van der Waals surface area contributed by atoms with Crippen LogP contribution in [0.15, 0.2) is 18.5 Å². The number of ether oxygens (including phenoxy) is 1. The number of aryl methyl sites for hydroxylation is 2. The molecule has 2 aromatic rings. The van der Waals surface area contributed by atoms with Crippen LogP contribution in [0.4, 0.5) is 0 Å². The van der Waals surface area contributed by atoms with Gasteiger partial charge in [-0.1, -0.05) is 6.92 Å². The number of piperidine rings is 1. The molecule has 0 saturated carbocycles. The lowest BCUT2D eigenvalue weighted by atomic mass is 9.82. The molecule has 0 aliphatic carbocycles. The molecule has 3 aliphatic rings. The van der Waals surface area contributed by atoms with Gasteiger partial charge in [-0.15, -0.1) is 11.3 Å². The van der Waals surface area contributed by atoms with Gasteiger partial charge in [-0.2, -0.15) is 5.10 Å². The minimum atomic E-state index is -0.0457. The maximum atomic E-state index is 12.5. The Balaban J connectivity index is 1.14. The minimum absolute atomic E-state index is 0.0457. The Morgan fingerprint density at radius 3 is 2.83 bits per heavy atom. The Bertz CT molecular complexity index is 891. The SMILES string of the molecule is CCc1cc2c(s1)CCOC21CCN(CC2CN(C(=O)c3cnn(C)c3)C2)CC1. The average Bonchev–Trinajstić information content (AvgIpc) is 3.32. The highest BCUT2D eigenvalue weighted by molar-refractivity contribution is 7.12. The third-order valence-electron chi connectivity index (χ3n) is 6.78. The smallest absolute Gasteiger partial charge is 0.257 e. The molecular weight excluding hydrogens is 384 g/mol. The van der Waals surface area contributed by atoms with Crippen molar-refractivity contribution >= 4 is 17.2 Å². The molecule has 1 amide bonds. The first-order chi connectivity index (χ1) is 14.1. The summed E-state index contributed by atoms with van der Waals surface area (Å²) in [5, 5.41) is 4.11. The Morgan fingerprint density at radius 1 is 1.34 bits per heavy atom. The number of nitrogens with zero attached hydrogens (tertiary/aromatic N) is 4. The van der Waals surface area contributed by atoms with Crippen LogP contribution in [0.2, 0.25) is 0 Å². The van der Waals surface area contributed by atoms with Crippen molar-refractivity contribution in [2.24, 2.45) is 13.0 Å². The van der Waals surface area contributed by atoms with Crippen molar-refractivity contribution in [3.63, 3.8) is 0 Å². The van der Waals surface area contributed by atoms with Crippen molar-refractivity contribution < 1.29 is 9.53 Å². The Kier molecular flexibility index (Phi) is 5.00. The van der Waals surface area contributed by atoms with E-state index in [0.717, 1.165) is 65.0 Å². The van der Waals surface area contributed by atoms with Gasteiger partial charge in [0.2, 0.25) is 0 Å². The lowest BCUT2D eigenvalue weighted by molar-refractivity contribution is -0.1000. The second-order valence-corrected chi connectivity index (χ2v) is 10.00. The third kappa shape index (κ3) is 3.53. The standard InChI is InChI=1S/C22H30N4O2S/c1-3-18-10-19-20(29-18)4-9-28-22(19)5-7-25(8-6-22)12-16-13-26(14-16)21(27)17-11-23-24(2)15-17/h10-11,15-16H,3-9,12-14H2,1-2H3. The van der Waals surface area contributed by atoms with E-state index in [1.807, 2.05) is 23.3 Å². The maximum absolute atomic E-state index is 12.5. The fourth-order valence-electron chi connectivity index (χ4n) is 5.09. The normalized spacial score (nSPS) is 21.9. The molecule has 5 heterocycles. The summed E-state index contributed by atoms with van der Waals surface area (Å²) >= 11 is 1.99. The summed E-state index contributed by atoms with van der Waals surface area (Å²) < 4.78 is 8.09. The minimum Gasteiger partial charge on any atom is -0.370 e. The molecule has 0 atom stereocenters.